The minimum absolute atomic E-state index is 0. The normalized spacial score (nSPS) is 11.2. The van der Waals surface area contributed by atoms with Crippen LogP contribution in [0.15, 0.2) is 9.52 Å². The molecule has 0 saturated heterocycles. The first-order valence-electron chi connectivity index (χ1n) is 9.00. The first-order chi connectivity index (χ1) is 11.3. The van der Waals surface area contributed by atoms with Crippen molar-refractivity contribution in [2.45, 2.75) is 71.6 Å². The molecular weight excluding hydrogens is 417 g/mol. The van der Waals surface area contributed by atoms with E-state index in [1.807, 2.05) is 6.92 Å². The van der Waals surface area contributed by atoms with Gasteiger partial charge in [0.25, 0.3) is 0 Å². The average molecular weight is 451 g/mol. The zero-order valence-corrected chi connectivity index (χ0v) is 17.8. The van der Waals surface area contributed by atoms with E-state index in [9.17, 15) is 0 Å². The first-order valence-corrected chi connectivity index (χ1v) is 9.00. The lowest BCUT2D eigenvalue weighted by molar-refractivity contribution is 0.372. The molecule has 7 heteroatoms. The van der Waals surface area contributed by atoms with Gasteiger partial charge in [0.2, 0.25) is 5.89 Å². The molecule has 1 rings (SSSR count). The van der Waals surface area contributed by atoms with Gasteiger partial charge in [-0.15, -0.1) is 24.0 Å². The van der Waals surface area contributed by atoms with Crippen molar-refractivity contribution < 1.29 is 4.52 Å². The standard InChI is InChI=1S/C17H33N5O.HI/c1-4-5-6-7-8-9-10-13-19-17(18-3)20-14-11-12-16-21-15(2)22-23-16;/h4-14H2,1-3H3,(H2,18,19,20);1H. The minimum atomic E-state index is 0. The molecule has 24 heavy (non-hydrogen) atoms. The van der Waals surface area contributed by atoms with E-state index < -0.39 is 0 Å². The molecule has 0 fully saturated rings. The number of halogens is 1. The summed E-state index contributed by atoms with van der Waals surface area (Å²) < 4.78 is 5.09. The second kappa shape index (κ2) is 15.7. The lowest BCUT2D eigenvalue weighted by atomic mass is 10.1. The number of guanidine groups is 1. The van der Waals surface area contributed by atoms with Gasteiger partial charge in [-0.1, -0.05) is 50.6 Å². The molecule has 0 unspecified atom stereocenters. The van der Waals surface area contributed by atoms with Crippen LogP contribution in [0.3, 0.4) is 0 Å². The quantitative estimate of drug-likeness (QED) is 0.219. The molecule has 1 aromatic rings. The fraction of sp³-hybridized carbons (Fsp3) is 0.824. The predicted molar refractivity (Wildman–Crippen MR) is 110 cm³/mol. The van der Waals surface area contributed by atoms with Crippen LogP contribution in [0.2, 0.25) is 0 Å². The Morgan fingerprint density at radius 2 is 1.62 bits per heavy atom. The van der Waals surface area contributed by atoms with E-state index in [4.69, 9.17) is 4.52 Å². The number of aliphatic imine (C=N–C) groups is 1. The number of nitrogens with one attached hydrogen (secondary N) is 2. The van der Waals surface area contributed by atoms with Crippen molar-refractivity contribution in [2.75, 3.05) is 20.1 Å². The number of aryl methyl sites for hydroxylation is 2. The summed E-state index contributed by atoms with van der Waals surface area (Å²) in [4.78, 5) is 8.43. The van der Waals surface area contributed by atoms with E-state index in [1.165, 1.54) is 44.9 Å². The maximum atomic E-state index is 5.09. The lowest BCUT2D eigenvalue weighted by Crippen LogP contribution is -2.38. The van der Waals surface area contributed by atoms with E-state index in [0.717, 1.165) is 31.9 Å². The lowest BCUT2D eigenvalue weighted by Gasteiger charge is -2.11. The molecule has 1 aromatic heterocycles. The topological polar surface area (TPSA) is 75.3 Å². The van der Waals surface area contributed by atoms with E-state index in [0.29, 0.717) is 11.7 Å². The third-order valence-corrected chi connectivity index (χ3v) is 3.73. The van der Waals surface area contributed by atoms with Gasteiger partial charge in [0, 0.05) is 26.6 Å². The largest absolute Gasteiger partial charge is 0.356 e. The second-order valence-electron chi connectivity index (χ2n) is 5.89. The fourth-order valence-corrected chi connectivity index (χ4v) is 2.40. The Balaban J connectivity index is 0.00000529. The van der Waals surface area contributed by atoms with Crippen LogP contribution in [0, 0.1) is 6.92 Å². The van der Waals surface area contributed by atoms with Gasteiger partial charge in [-0.05, 0) is 19.8 Å². The van der Waals surface area contributed by atoms with Crippen LogP contribution in [0.4, 0.5) is 0 Å². The molecule has 0 atom stereocenters. The van der Waals surface area contributed by atoms with Crippen LogP contribution < -0.4 is 10.6 Å². The Morgan fingerprint density at radius 3 is 2.21 bits per heavy atom. The Hall–Kier alpha value is -0.860. The van der Waals surface area contributed by atoms with Crippen molar-refractivity contribution in [3.8, 4) is 0 Å². The maximum Gasteiger partial charge on any atom is 0.226 e. The number of unbranched alkanes of at least 4 members (excludes halogenated alkanes) is 6. The van der Waals surface area contributed by atoms with Crippen LogP contribution in [-0.2, 0) is 6.42 Å². The van der Waals surface area contributed by atoms with Gasteiger partial charge < -0.3 is 15.2 Å². The number of nitrogens with zero attached hydrogens (tertiary/aromatic N) is 3. The van der Waals surface area contributed by atoms with Crippen molar-refractivity contribution >= 4 is 29.9 Å². The summed E-state index contributed by atoms with van der Waals surface area (Å²) in [6.07, 6.45) is 11.0. The van der Waals surface area contributed by atoms with Crippen LogP contribution in [-0.4, -0.2) is 36.2 Å². The van der Waals surface area contributed by atoms with E-state index in [-0.39, 0.29) is 24.0 Å². The van der Waals surface area contributed by atoms with Crippen LogP contribution in [0.25, 0.3) is 0 Å². The van der Waals surface area contributed by atoms with Crippen LogP contribution >= 0.6 is 24.0 Å². The van der Waals surface area contributed by atoms with Crippen LogP contribution in [0.1, 0.15) is 70.0 Å². The summed E-state index contributed by atoms with van der Waals surface area (Å²) in [5.41, 5.74) is 0. The van der Waals surface area contributed by atoms with Crippen molar-refractivity contribution in [1.82, 2.24) is 20.8 Å². The molecule has 0 aromatic carbocycles. The highest BCUT2D eigenvalue weighted by atomic mass is 127. The van der Waals surface area contributed by atoms with Gasteiger partial charge in [0.15, 0.2) is 11.8 Å². The van der Waals surface area contributed by atoms with Gasteiger partial charge in [0.05, 0.1) is 0 Å². The Morgan fingerprint density at radius 1 is 1.00 bits per heavy atom. The monoisotopic (exact) mass is 451 g/mol. The summed E-state index contributed by atoms with van der Waals surface area (Å²) in [6.45, 7) is 5.92. The van der Waals surface area contributed by atoms with Crippen molar-refractivity contribution in [3.63, 3.8) is 0 Å². The van der Waals surface area contributed by atoms with E-state index >= 15 is 0 Å². The summed E-state index contributed by atoms with van der Waals surface area (Å²) in [6, 6.07) is 0. The molecule has 2 N–H and O–H groups in total. The Bertz CT molecular complexity index is 436. The SMILES string of the molecule is CCCCCCCCCNC(=NC)NCCCc1nc(C)no1.I. The van der Waals surface area contributed by atoms with Gasteiger partial charge >= 0.3 is 0 Å². The number of rotatable bonds is 12. The zero-order valence-electron chi connectivity index (χ0n) is 15.4. The summed E-state index contributed by atoms with van der Waals surface area (Å²) in [5, 5.41) is 10.5. The second-order valence-corrected chi connectivity index (χ2v) is 5.89. The highest BCUT2D eigenvalue weighted by Gasteiger charge is 2.02. The predicted octanol–water partition coefficient (Wildman–Crippen LogP) is 3.84. The van der Waals surface area contributed by atoms with Gasteiger partial charge in [-0.3, -0.25) is 4.99 Å². The maximum absolute atomic E-state index is 5.09. The van der Waals surface area contributed by atoms with Gasteiger partial charge in [0.1, 0.15) is 0 Å². The van der Waals surface area contributed by atoms with Crippen LogP contribution in [0.5, 0.6) is 0 Å². The average Bonchev–Trinajstić information content (AvgIpc) is 2.97. The number of aromatic nitrogens is 2. The van der Waals surface area contributed by atoms with E-state index in [2.05, 4.69) is 32.7 Å². The molecule has 0 aliphatic heterocycles. The molecule has 0 aliphatic carbocycles. The first kappa shape index (κ1) is 23.1. The minimum Gasteiger partial charge on any atom is -0.356 e. The molecule has 0 saturated carbocycles. The summed E-state index contributed by atoms with van der Waals surface area (Å²) in [7, 11) is 1.81. The van der Waals surface area contributed by atoms with Crippen molar-refractivity contribution in [3.05, 3.63) is 11.7 Å². The third-order valence-electron chi connectivity index (χ3n) is 3.73. The highest BCUT2D eigenvalue weighted by Crippen LogP contribution is 2.06. The van der Waals surface area contributed by atoms with Gasteiger partial charge in [-0.2, -0.15) is 4.98 Å². The number of hydrogen-bond acceptors (Lipinski definition) is 4. The summed E-state index contributed by atoms with van der Waals surface area (Å²) >= 11 is 0. The Kier molecular flexibility index (Phi) is 15.1. The molecule has 6 nitrogen and oxygen atoms in total. The molecule has 1 heterocycles. The number of hydrogen-bond donors (Lipinski definition) is 2. The Labute approximate surface area is 163 Å². The fourth-order valence-electron chi connectivity index (χ4n) is 2.40. The highest BCUT2D eigenvalue weighted by molar-refractivity contribution is 14.0. The van der Waals surface area contributed by atoms with Crippen molar-refractivity contribution in [1.29, 1.82) is 0 Å². The molecule has 0 radical (unpaired) electrons. The molecule has 0 amide bonds. The molecule has 0 bridgehead atoms. The molecular formula is C17H34IN5O. The van der Waals surface area contributed by atoms with E-state index in [1.54, 1.807) is 7.05 Å². The van der Waals surface area contributed by atoms with Gasteiger partial charge in [-0.25, -0.2) is 0 Å². The zero-order chi connectivity index (χ0) is 16.8. The molecule has 0 aliphatic rings. The summed E-state index contributed by atoms with van der Waals surface area (Å²) in [5.74, 6) is 2.27. The van der Waals surface area contributed by atoms with Crippen molar-refractivity contribution in [2.24, 2.45) is 4.99 Å². The smallest absolute Gasteiger partial charge is 0.226 e. The third kappa shape index (κ3) is 11.6. The molecule has 140 valence electrons. The molecule has 0 spiro atoms.